The second-order valence-corrected chi connectivity index (χ2v) is 4.14. The fraction of sp³-hybridized carbons (Fsp3) is 0.500. The first-order chi connectivity index (χ1) is 9.10. The van der Waals surface area contributed by atoms with Crippen molar-refractivity contribution < 1.29 is 24.1 Å². The van der Waals surface area contributed by atoms with Gasteiger partial charge in [0.15, 0.2) is 6.10 Å². The highest BCUT2D eigenvalue weighted by Gasteiger charge is 2.19. The van der Waals surface area contributed by atoms with Crippen LogP contribution in [-0.4, -0.2) is 31.4 Å². The molecule has 0 aliphatic heterocycles. The molecule has 0 fully saturated rings. The number of carboxylic acids is 1. The molecule has 0 bridgehead atoms. The van der Waals surface area contributed by atoms with E-state index < -0.39 is 12.1 Å². The van der Waals surface area contributed by atoms with Crippen LogP contribution in [-0.2, 0) is 4.79 Å². The van der Waals surface area contributed by atoms with Gasteiger partial charge in [0.2, 0.25) is 0 Å². The van der Waals surface area contributed by atoms with Crippen LogP contribution in [0.4, 0.5) is 0 Å². The van der Waals surface area contributed by atoms with Crippen molar-refractivity contribution in [3.05, 3.63) is 18.2 Å². The first-order valence-corrected chi connectivity index (χ1v) is 6.23. The number of rotatable bonds is 8. The molecule has 1 rings (SSSR count). The summed E-state index contributed by atoms with van der Waals surface area (Å²) in [5.41, 5.74) is 0. The third-order valence-electron chi connectivity index (χ3n) is 2.70. The zero-order valence-corrected chi connectivity index (χ0v) is 11.5. The molecule has 1 aromatic carbocycles. The first-order valence-electron chi connectivity index (χ1n) is 6.23. The zero-order chi connectivity index (χ0) is 14.3. The third kappa shape index (κ3) is 4.69. The van der Waals surface area contributed by atoms with Gasteiger partial charge in [0, 0.05) is 18.2 Å². The molecule has 106 valence electrons. The monoisotopic (exact) mass is 268 g/mol. The lowest BCUT2D eigenvalue weighted by molar-refractivity contribution is -0.145. The molecule has 0 aliphatic carbocycles. The van der Waals surface area contributed by atoms with Gasteiger partial charge in [-0.3, -0.25) is 0 Å². The van der Waals surface area contributed by atoms with Crippen molar-refractivity contribution in [3.8, 4) is 17.2 Å². The van der Waals surface area contributed by atoms with E-state index >= 15 is 0 Å². The number of benzene rings is 1. The Morgan fingerprint density at radius 1 is 1.16 bits per heavy atom. The quantitative estimate of drug-likeness (QED) is 0.785. The smallest absolute Gasteiger partial charge is 0.344 e. The minimum Gasteiger partial charge on any atom is -0.496 e. The molecule has 0 aromatic heterocycles. The van der Waals surface area contributed by atoms with Crippen molar-refractivity contribution in [1.82, 2.24) is 0 Å². The summed E-state index contributed by atoms with van der Waals surface area (Å²) in [7, 11) is 3.06. The summed E-state index contributed by atoms with van der Waals surface area (Å²) in [5, 5.41) is 9.13. The van der Waals surface area contributed by atoms with Crippen molar-refractivity contribution in [2.75, 3.05) is 14.2 Å². The van der Waals surface area contributed by atoms with Crippen LogP contribution in [0.1, 0.15) is 26.2 Å². The average molecular weight is 268 g/mol. The lowest BCUT2D eigenvalue weighted by Crippen LogP contribution is -2.26. The molecule has 0 aliphatic rings. The maximum atomic E-state index is 11.1. The number of aliphatic carboxylic acids is 1. The van der Waals surface area contributed by atoms with Crippen LogP contribution in [0.2, 0.25) is 0 Å². The summed E-state index contributed by atoms with van der Waals surface area (Å²) in [4.78, 5) is 11.1. The Kier molecular flexibility index (Phi) is 5.99. The van der Waals surface area contributed by atoms with E-state index in [9.17, 15) is 4.79 Å². The summed E-state index contributed by atoms with van der Waals surface area (Å²) in [5.74, 6) is 0.595. The SMILES string of the molecule is CCCC[C@H](Oc1cc(OC)cc(OC)c1)C(=O)O. The highest BCUT2D eigenvalue weighted by molar-refractivity contribution is 5.72. The van der Waals surface area contributed by atoms with Gasteiger partial charge in [0.25, 0.3) is 0 Å². The van der Waals surface area contributed by atoms with E-state index in [4.69, 9.17) is 19.3 Å². The molecule has 19 heavy (non-hydrogen) atoms. The predicted molar refractivity (Wildman–Crippen MR) is 71.1 cm³/mol. The molecule has 1 N–H and O–H groups in total. The fourth-order valence-electron chi connectivity index (χ4n) is 1.64. The van der Waals surface area contributed by atoms with Crippen molar-refractivity contribution in [3.63, 3.8) is 0 Å². The molecular weight excluding hydrogens is 248 g/mol. The topological polar surface area (TPSA) is 65.0 Å². The van der Waals surface area contributed by atoms with Gasteiger partial charge in [0.05, 0.1) is 14.2 Å². The number of methoxy groups -OCH3 is 2. The Morgan fingerprint density at radius 3 is 2.11 bits per heavy atom. The number of carboxylic acid groups (broad SMARTS) is 1. The number of carbonyl (C=O) groups is 1. The Hall–Kier alpha value is -1.91. The largest absolute Gasteiger partial charge is 0.496 e. The zero-order valence-electron chi connectivity index (χ0n) is 11.5. The lowest BCUT2D eigenvalue weighted by Gasteiger charge is -2.16. The van der Waals surface area contributed by atoms with Gasteiger partial charge in [-0.1, -0.05) is 13.3 Å². The standard InChI is InChI=1S/C14H20O5/c1-4-5-6-13(14(15)16)19-12-8-10(17-2)7-11(9-12)18-3/h7-9,13H,4-6H2,1-3H3,(H,15,16)/t13-/m0/s1. The molecule has 1 aromatic rings. The first kappa shape index (κ1) is 15.1. The van der Waals surface area contributed by atoms with Crippen LogP contribution in [0.15, 0.2) is 18.2 Å². The summed E-state index contributed by atoms with van der Waals surface area (Å²) in [6.07, 6.45) is 1.36. The number of ether oxygens (including phenoxy) is 3. The Morgan fingerprint density at radius 2 is 1.68 bits per heavy atom. The molecule has 0 heterocycles. The molecule has 0 saturated heterocycles. The van der Waals surface area contributed by atoms with Gasteiger partial charge in [0.1, 0.15) is 17.2 Å². The van der Waals surface area contributed by atoms with Crippen molar-refractivity contribution in [2.45, 2.75) is 32.3 Å². The molecule has 1 atom stereocenters. The highest BCUT2D eigenvalue weighted by atomic mass is 16.5. The van der Waals surface area contributed by atoms with Gasteiger partial charge in [-0.15, -0.1) is 0 Å². The van der Waals surface area contributed by atoms with E-state index in [0.717, 1.165) is 12.8 Å². The van der Waals surface area contributed by atoms with E-state index in [1.165, 1.54) is 14.2 Å². The third-order valence-corrected chi connectivity index (χ3v) is 2.70. The summed E-state index contributed by atoms with van der Waals surface area (Å²) in [6.45, 7) is 2.01. The van der Waals surface area contributed by atoms with Crippen molar-refractivity contribution >= 4 is 5.97 Å². The van der Waals surface area contributed by atoms with Crippen molar-refractivity contribution in [2.24, 2.45) is 0 Å². The second kappa shape index (κ2) is 7.51. The highest BCUT2D eigenvalue weighted by Crippen LogP contribution is 2.28. The number of hydrogen-bond acceptors (Lipinski definition) is 4. The van der Waals surface area contributed by atoms with E-state index in [1.807, 2.05) is 6.92 Å². The van der Waals surface area contributed by atoms with Gasteiger partial charge in [-0.05, 0) is 12.8 Å². The summed E-state index contributed by atoms with van der Waals surface area (Å²) >= 11 is 0. The molecule has 0 spiro atoms. The average Bonchev–Trinajstić information content (AvgIpc) is 2.42. The lowest BCUT2D eigenvalue weighted by atomic mass is 10.1. The predicted octanol–water partition coefficient (Wildman–Crippen LogP) is 2.73. The molecule has 0 unspecified atom stereocenters. The van der Waals surface area contributed by atoms with Gasteiger partial charge < -0.3 is 19.3 Å². The summed E-state index contributed by atoms with van der Waals surface area (Å²) in [6, 6.07) is 4.99. The second-order valence-electron chi connectivity index (χ2n) is 4.14. The number of unbranched alkanes of at least 4 members (excludes halogenated alkanes) is 1. The van der Waals surface area contributed by atoms with Crippen molar-refractivity contribution in [1.29, 1.82) is 0 Å². The van der Waals surface area contributed by atoms with Gasteiger partial charge in [-0.2, -0.15) is 0 Å². The van der Waals surface area contributed by atoms with Crippen LogP contribution >= 0.6 is 0 Å². The van der Waals surface area contributed by atoms with Crippen LogP contribution in [0.3, 0.4) is 0 Å². The number of hydrogen-bond donors (Lipinski definition) is 1. The molecule has 0 radical (unpaired) electrons. The van der Waals surface area contributed by atoms with Gasteiger partial charge in [-0.25, -0.2) is 4.79 Å². The van der Waals surface area contributed by atoms with Crippen LogP contribution < -0.4 is 14.2 Å². The van der Waals surface area contributed by atoms with E-state index in [-0.39, 0.29) is 0 Å². The van der Waals surface area contributed by atoms with Gasteiger partial charge >= 0.3 is 5.97 Å². The van der Waals surface area contributed by atoms with E-state index in [2.05, 4.69) is 0 Å². The molecule has 5 nitrogen and oxygen atoms in total. The fourth-order valence-corrected chi connectivity index (χ4v) is 1.64. The minimum atomic E-state index is -0.963. The molecule has 5 heteroatoms. The van der Waals surface area contributed by atoms with Crippen LogP contribution in [0, 0.1) is 0 Å². The minimum absolute atomic E-state index is 0.430. The molecule has 0 amide bonds. The van der Waals surface area contributed by atoms with E-state index in [0.29, 0.717) is 23.7 Å². The Balaban J connectivity index is 2.85. The molecule has 0 saturated carbocycles. The van der Waals surface area contributed by atoms with Crippen LogP contribution in [0.25, 0.3) is 0 Å². The maximum absolute atomic E-state index is 11.1. The Labute approximate surface area is 113 Å². The molecular formula is C14H20O5. The van der Waals surface area contributed by atoms with E-state index in [1.54, 1.807) is 18.2 Å². The normalized spacial score (nSPS) is 11.7. The van der Waals surface area contributed by atoms with Crippen LogP contribution in [0.5, 0.6) is 17.2 Å². The maximum Gasteiger partial charge on any atom is 0.344 e. The summed E-state index contributed by atoms with van der Waals surface area (Å²) < 4.78 is 15.7. The Bertz CT molecular complexity index is 394.